The van der Waals surface area contributed by atoms with Gasteiger partial charge in [-0.15, -0.1) is 0 Å². The fraction of sp³-hybridized carbons (Fsp3) is 0.500. The van der Waals surface area contributed by atoms with Crippen LogP contribution in [-0.4, -0.2) is 54.2 Å². The van der Waals surface area contributed by atoms with Crippen LogP contribution in [0.25, 0.3) is 11.4 Å². The largest absolute Gasteiger partial charge is 0.497 e. The zero-order valence-corrected chi connectivity index (χ0v) is 14.3. The third-order valence-corrected chi connectivity index (χ3v) is 5.11. The normalized spacial score (nSPS) is 22.2. The van der Waals surface area contributed by atoms with Crippen LogP contribution in [-0.2, 0) is 11.2 Å². The first-order chi connectivity index (χ1) is 12.2. The Balaban J connectivity index is 1.32. The van der Waals surface area contributed by atoms with Gasteiger partial charge in [0.1, 0.15) is 5.75 Å². The van der Waals surface area contributed by atoms with Gasteiger partial charge in [0, 0.05) is 44.6 Å². The molecular weight excluding hydrogens is 320 g/mol. The van der Waals surface area contributed by atoms with Gasteiger partial charge in [0.05, 0.1) is 7.11 Å². The zero-order chi connectivity index (χ0) is 17.2. The van der Waals surface area contributed by atoms with Crippen molar-refractivity contribution < 1.29 is 14.1 Å². The lowest BCUT2D eigenvalue weighted by Crippen LogP contribution is -2.32. The van der Waals surface area contributed by atoms with Crippen LogP contribution in [0, 0.1) is 11.8 Å². The number of methoxy groups -OCH3 is 1. The molecule has 0 saturated carbocycles. The maximum Gasteiger partial charge on any atom is 0.227 e. The minimum Gasteiger partial charge on any atom is -0.497 e. The number of nitrogens with one attached hydrogen (secondary N) is 1. The SMILES string of the molecule is COc1ccc(-c2noc(CCC(=O)N3C[C@H]4CNC[C@H]4C3)n2)cc1. The summed E-state index contributed by atoms with van der Waals surface area (Å²) >= 11 is 0. The molecule has 0 unspecified atom stereocenters. The molecule has 132 valence electrons. The molecule has 1 amide bonds. The maximum absolute atomic E-state index is 12.4. The smallest absolute Gasteiger partial charge is 0.227 e. The summed E-state index contributed by atoms with van der Waals surface area (Å²) in [6.45, 7) is 3.81. The quantitative estimate of drug-likeness (QED) is 0.884. The minimum atomic E-state index is 0.179. The van der Waals surface area contributed by atoms with E-state index in [0.29, 0.717) is 36.4 Å². The highest BCUT2D eigenvalue weighted by atomic mass is 16.5. The molecular formula is C18H22N4O3. The molecule has 0 spiro atoms. The summed E-state index contributed by atoms with van der Waals surface area (Å²) in [6, 6.07) is 7.48. The van der Waals surface area contributed by atoms with E-state index in [4.69, 9.17) is 9.26 Å². The van der Waals surface area contributed by atoms with E-state index < -0.39 is 0 Å². The number of fused-ring (bicyclic) bond motifs is 1. The first-order valence-corrected chi connectivity index (χ1v) is 8.68. The Morgan fingerprint density at radius 1 is 1.28 bits per heavy atom. The molecule has 1 aromatic carbocycles. The first-order valence-electron chi connectivity index (χ1n) is 8.68. The fourth-order valence-electron chi connectivity index (χ4n) is 3.64. The first kappa shape index (κ1) is 16.1. The van der Waals surface area contributed by atoms with Gasteiger partial charge in [0.15, 0.2) is 0 Å². The van der Waals surface area contributed by atoms with Crippen molar-refractivity contribution in [3.05, 3.63) is 30.2 Å². The number of likely N-dealkylation sites (tertiary alicyclic amines) is 1. The molecule has 3 heterocycles. The molecule has 1 N–H and O–H groups in total. The number of hydrogen-bond donors (Lipinski definition) is 1. The molecule has 4 rings (SSSR count). The van der Waals surface area contributed by atoms with Crippen LogP contribution < -0.4 is 10.1 Å². The topological polar surface area (TPSA) is 80.5 Å². The third-order valence-electron chi connectivity index (χ3n) is 5.11. The van der Waals surface area contributed by atoms with Crippen molar-refractivity contribution in [2.24, 2.45) is 11.8 Å². The number of amides is 1. The number of aromatic nitrogens is 2. The Hall–Kier alpha value is -2.41. The van der Waals surface area contributed by atoms with Gasteiger partial charge in [-0.05, 0) is 36.1 Å². The highest BCUT2D eigenvalue weighted by molar-refractivity contribution is 5.76. The van der Waals surface area contributed by atoms with Crippen LogP contribution in [0.4, 0.5) is 0 Å². The number of carbonyl (C=O) groups is 1. The van der Waals surface area contributed by atoms with Crippen LogP contribution in [0.2, 0.25) is 0 Å². The summed E-state index contributed by atoms with van der Waals surface area (Å²) < 4.78 is 10.4. The summed E-state index contributed by atoms with van der Waals surface area (Å²) in [5.41, 5.74) is 0.863. The monoisotopic (exact) mass is 342 g/mol. The van der Waals surface area contributed by atoms with Gasteiger partial charge >= 0.3 is 0 Å². The lowest BCUT2D eigenvalue weighted by molar-refractivity contribution is -0.130. The molecule has 2 fully saturated rings. The molecule has 2 aliphatic heterocycles. The van der Waals surface area contributed by atoms with Gasteiger partial charge in [-0.3, -0.25) is 4.79 Å². The minimum absolute atomic E-state index is 0.179. The van der Waals surface area contributed by atoms with Gasteiger partial charge < -0.3 is 19.5 Å². The highest BCUT2D eigenvalue weighted by Gasteiger charge is 2.37. The molecule has 1 aromatic heterocycles. The van der Waals surface area contributed by atoms with Gasteiger partial charge in [-0.1, -0.05) is 5.16 Å². The van der Waals surface area contributed by atoms with Crippen LogP contribution in [0.3, 0.4) is 0 Å². The number of hydrogen-bond acceptors (Lipinski definition) is 6. The molecule has 2 aromatic rings. The molecule has 25 heavy (non-hydrogen) atoms. The summed E-state index contributed by atoms with van der Waals surface area (Å²) in [5, 5.41) is 7.39. The standard InChI is InChI=1S/C18H22N4O3/c1-24-15-4-2-12(3-5-15)18-20-16(25-21-18)6-7-17(23)22-10-13-8-19-9-14(13)11-22/h2-5,13-14,19H,6-11H2,1H3/t13-,14+. The molecule has 0 radical (unpaired) electrons. The summed E-state index contributed by atoms with van der Waals surface area (Å²) in [4.78, 5) is 18.8. The van der Waals surface area contributed by atoms with E-state index in [0.717, 1.165) is 37.5 Å². The summed E-state index contributed by atoms with van der Waals surface area (Å²) in [6.07, 6.45) is 0.892. The van der Waals surface area contributed by atoms with Gasteiger partial charge in [0.25, 0.3) is 0 Å². The zero-order valence-electron chi connectivity index (χ0n) is 14.3. The van der Waals surface area contributed by atoms with Crippen molar-refractivity contribution in [2.45, 2.75) is 12.8 Å². The second-order valence-corrected chi connectivity index (χ2v) is 6.72. The maximum atomic E-state index is 12.4. The predicted molar refractivity (Wildman–Crippen MR) is 91.0 cm³/mol. The number of rotatable bonds is 5. The third kappa shape index (κ3) is 3.37. The van der Waals surface area contributed by atoms with Crippen molar-refractivity contribution in [3.63, 3.8) is 0 Å². The van der Waals surface area contributed by atoms with Crippen LogP contribution in [0.15, 0.2) is 28.8 Å². The van der Waals surface area contributed by atoms with Gasteiger partial charge in [-0.2, -0.15) is 4.98 Å². The Morgan fingerprint density at radius 2 is 2.00 bits per heavy atom. The summed E-state index contributed by atoms with van der Waals surface area (Å²) in [5.74, 6) is 3.23. The van der Waals surface area contributed by atoms with Crippen LogP contribution in [0.1, 0.15) is 12.3 Å². The van der Waals surface area contributed by atoms with E-state index in [-0.39, 0.29) is 5.91 Å². The Morgan fingerprint density at radius 3 is 2.68 bits per heavy atom. The highest BCUT2D eigenvalue weighted by Crippen LogP contribution is 2.27. The lowest BCUT2D eigenvalue weighted by atomic mass is 10.0. The van der Waals surface area contributed by atoms with Crippen molar-refractivity contribution in [2.75, 3.05) is 33.3 Å². The molecule has 2 aliphatic rings. The van der Waals surface area contributed by atoms with Crippen molar-refractivity contribution in [1.82, 2.24) is 20.4 Å². The van der Waals surface area contributed by atoms with Gasteiger partial charge in [0.2, 0.25) is 17.6 Å². The Kier molecular flexibility index (Phi) is 4.40. The van der Waals surface area contributed by atoms with E-state index in [1.54, 1.807) is 7.11 Å². The number of ether oxygens (including phenoxy) is 1. The van der Waals surface area contributed by atoms with E-state index in [2.05, 4.69) is 15.5 Å². The summed E-state index contributed by atoms with van der Waals surface area (Å²) in [7, 11) is 1.63. The number of benzene rings is 1. The van der Waals surface area contributed by atoms with Gasteiger partial charge in [-0.25, -0.2) is 0 Å². The Bertz CT molecular complexity index is 731. The fourth-order valence-corrected chi connectivity index (χ4v) is 3.64. The molecule has 7 heteroatoms. The molecule has 2 saturated heterocycles. The van der Waals surface area contributed by atoms with Crippen LogP contribution >= 0.6 is 0 Å². The number of carbonyl (C=O) groups excluding carboxylic acids is 1. The second kappa shape index (κ2) is 6.84. The molecule has 2 atom stereocenters. The van der Waals surface area contributed by atoms with E-state index in [9.17, 15) is 4.79 Å². The number of aryl methyl sites for hydroxylation is 1. The number of nitrogens with zero attached hydrogens (tertiary/aromatic N) is 3. The average molecular weight is 342 g/mol. The van der Waals surface area contributed by atoms with E-state index in [1.807, 2.05) is 29.2 Å². The predicted octanol–water partition coefficient (Wildman–Crippen LogP) is 1.36. The van der Waals surface area contributed by atoms with E-state index in [1.165, 1.54) is 0 Å². The van der Waals surface area contributed by atoms with Crippen molar-refractivity contribution >= 4 is 5.91 Å². The molecule has 0 aliphatic carbocycles. The van der Waals surface area contributed by atoms with Crippen LogP contribution in [0.5, 0.6) is 5.75 Å². The van der Waals surface area contributed by atoms with Crippen molar-refractivity contribution in [1.29, 1.82) is 0 Å². The van der Waals surface area contributed by atoms with Crippen molar-refractivity contribution in [3.8, 4) is 17.1 Å². The average Bonchev–Trinajstić information content (AvgIpc) is 3.35. The lowest BCUT2D eigenvalue weighted by Gasteiger charge is -2.16. The molecule has 0 bridgehead atoms. The Labute approximate surface area is 146 Å². The van der Waals surface area contributed by atoms with E-state index >= 15 is 0 Å². The molecule has 7 nitrogen and oxygen atoms in total. The second-order valence-electron chi connectivity index (χ2n) is 6.72.